The van der Waals surface area contributed by atoms with Crippen molar-refractivity contribution in [3.8, 4) is 0 Å². The Morgan fingerprint density at radius 3 is 1.76 bits per heavy atom. The van der Waals surface area contributed by atoms with Gasteiger partial charge in [-0.25, -0.2) is 0 Å². The Morgan fingerprint density at radius 2 is 1.38 bits per heavy atom. The highest BCUT2D eigenvalue weighted by atomic mass is 16.4. The van der Waals surface area contributed by atoms with Crippen molar-refractivity contribution in [1.29, 1.82) is 0 Å². The highest BCUT2D eigenvalue weighted by molar-refractivity contribution is 5.69. The van der Waals surface area contributed by atoms with E-state index in [9.17, 15) is 9.90 Å². The molecule has 0 saturated carbocycles. The van der Waals surface area contributed by atoms with Crippen LogP contribution in [0.4, 0.5) is 0 Å². The molecule has 2 aromatic rings. The smallest absolute Gasteiger partial charge is 0.306 e. The van der Waals surface area contributed by atoms with Gasteiger partial charge in [-0.2, -0.15) is 0 Å². The predicted octanol–water partition coefficient (Wildman–Crippen LogP) is 3.29. The average molecular weight is 284 g/mol. The van der Waals surface area contributed by atoms with E-state index in [-0.39, 0.29) is 12.3 Å². The van der Waals surface area contributed by atoms with Gasteiger partial charge in [0.2, 0.25) is 0 Å². The van der Waals surface area contributed by atoms with Crippen LogP contribution in [0.3, 0.4) is 0 Å². The highest BCUT2D eigenvalue weighted by Crippen LogP contribution is 2.30. The molecule has 0 fully saturated rings. The van der Waals surface area contributed by atoms with Crippen LogP contribution in [0.15, 0.2) is 60.7 Å². The highest BCUT2D eigenvalue weighted by Gasteiger charge is 2.26. The van der Waals surface area contributed by atoms with Crippen LogP contribution in [-0.4, -0.2) is 22.3 Å². The lowest BCUT2D eigenvalue weighted by Crippen LogP contribution is -2.25. The Balaban J connectivity index is 2.31. The minimum atomic E-state index is -0.881. The van der Waals surface area contributed by atoms with Gasteiger partial charge in [0.15, 0.2) is 0 Å². The number of benzene rings is 2. The number of rotatable bonds is 6. The first kappa shape index (κ1) is 15.3. The molecule has 0 bridgehead atoms. The summed E-state index contributed by atoms with van der Waals surface area (Å²) in [4.78, 5) is 11.0. The zero-order valence-electron chi connectivity index (χ0n) is 12.0. The molecule has 0 radical (unpaired) electrons. The van der Waals surface area contributed by atoms with Crippen molar-refractivity contribution in [1.82, 2.24) is 0 Å². The van der Waals surface area contributed by atoms with Crippen LogP contribution in [0.5, 0.6) is 0 Å². The van der Waals surface area contributed by atoms with E-state index in [1.807, 2.05) is 60.7 Å². The number of carboxylic acids is 1. The lowest BCUT2D eigenvalue weighted by molar-refractivity contribution is -0.142. The Hall–Kier alpha value is -2.13. The van der Waals surface area contributed by atoms with E-state index < -0.39 is 18.0 Å². The van der Waals surface area contributed by atoms with Crippen molar-refractivity contribution in [3.05, 3.63) is 71.8 Å². The van der Waals surface area contributed by atoms with E-state index in [0.717, 1.165) is 11.1 Å². The van der Waals surface area contributed by atoms with Gasteiger partial charge < -0.3 is 10.2 Å². The Morgan fingerprint density at radius 1 is 0.952 bits per heavy atom. The first-order valence-corrected chi connectivity index (χ1v) is 7.10. The maximum atomic E-state index is 11.0. The minimum Gasteiger partial charge on any atom is -0.481 e. The fourth-order valence-electron chi connectivity index (χ4n) is 2.56. The van der Waals surface area contributed by atoms with E-state index in [0.29, 0.717) is 0 Å². The van der Waals surface area contributed by atoms with Gasteiger partial charge in [-0.3, -0.25) is 4.79 Å². The van der Waals surface area contributed by atoms with E-state index in [1.54, 1.807) is 6.92 Å². The van der Waals surface area contributed by atoms with Gasteiger partial charge >= 0.3 is 5.97 Å². The summed E-state index contributed by atoms with van der Waals surface area (Å²) in [6.45, 7) is 1.62. The molecule has 0 aliphatic heterocycles. The largest absolute Gasteiger partial charge is 0.481 e. The number of carboxylic acid groups (broad SMARTS) is 1. The lowest BCUT2D eigenvalue weighted by Gasteiger charge is -2.25. The van der Waals surface area contributed by atoms with Crippen molar-refractivity contribution < 1.29 is 15.0 Å². The maximum absolute atomic E-state index is 11.0. The fourth-order valence-corrected chi connectivity index (χ4v) is 2.56. The molecule has 0 heterocycles. The standard InChI is InChI=1S/C18H20O3/c1-13(18(20)21)12-16(19)17(14-8-4-2-5-9-14)15-10-6-3-7-11-15/h2-11,13,16-17,19H,12H2,1H3,(H,20,21). The van der Waals surface area contributed by atoms with Crippen molar-refractivity contribution in [3.63, 3.8) is 0 Å². The fraction of sp³-hybridized carbons (Fsp3) is 0.278. The molecule has 2 unspecified atom stereocenters. The van der Waals surface area contributed by atoms with Crippen LogP contribution < -0.4 is 0 Å². The van der Waals surface area contributed by atoms with Crippen LogP contribution in [0.1, 0.15) is 30.4 Å². The third-order valence-corrected chi connectivity index (χ3v) is 3.72. The summed E-state index contributed by atoms with van der Waals surface area (Å²) >= 11 is 0. The Kier molecular flexibility index (Phi) is 5.12. The van der Waals surface area contributed by atoms with Crippen LogP contribution in [0.2, 0.25) is 0 Å². The minimum absolute atomic E-state index is 0.214. The molecule has 110 valence electrons. The van der Waals surface area contributed by atoms with Gasteiger partial charge in [-0.05, 0) is 17.5 Å². The molecule has 0 aromatic heterocycles. The molecule has 0 aliphatic carbocycles. The molecule has 0 amide bonds. The topological polar surface area (TPSA) is 57.5 Å². The molecule has 2 atom stereocenters. The van der Waals surface area contributed by atoms with E-state index in [1.165, 1.54) is 0 Å². The van der Waals surface area contributed by atoms with Crippen molar-refractivity contribution >= 4 is 5.97 Å². The summed E-state index contributed by atoms with van der Waals surface area (Å²) in [7, 11) is 0. The second kappa shape index (κ2) is 7.04. The molecular weight excluding hydrogens is 264 g/mol. The molecule has 21 heavy (non-hydrogen) atoms. The summed E-state index contributed by atoms with van der Waals surface area (Å²) in [6, 6.07) is 19.4. The summed E-state index contributed by atoms with van der Waals surface area (Å²) in [5.41, 5.74) is 1.99. The lowest BCUT2D eigenvalue weighted by atomic mass is 9.83. The van der Waals surface area contributed by atoms with Crippen LogP contribution >= 0.6 is 0 Å². The average Bonchev–Trinajstić information content (AvgIpc) is 2.49. The molecule has 0 saturated heterocycles. The second-order valence-corrected chi connectivity index (χ2v) is 5.34. The normalized spacial score (nSPS) is 13.9. The number of hydrogen-bond donors (Lipinski definition) is 2. The van der Waals surface area contributed by atoms with Gasteiger partial charge in [0.1, 0.15) is 0 Å². The predicted molar refractivity (Wildman–Crippen MR) is 82.2 cm³/mol. The molecule has 2 aromatic carbocycles. The molecule has 2 rings (SSSR count). The third kappa shape index (κ3) is 3.92. The Bertz CT molecular complexity index is 526. The maximum Gasteiger partial charge on any atom is 0.306 e. The van der Waals surface area contributed by atoms with Crippen LogP contribution in [0.25, 0.3) is 0 Å². The number of aliphatic hydroxyl groups is 1. The quantitative estimate of drug-likeness (QED) is 0.855. The van der Waals surface area contributed by atoms with Crippen molar-refractivity contribution in [2.75, 3.05) is 0 Å². The molecule has 2 N–H and O–H groups in total. The van der Waals surface area contributed by atoms with Crippen molar-refractivity contribution in [2.45, 2.75) is 25.4 Å². The van der Waals surface area contributed by atoms with Gasteiger partial charge in [0, 0.05) is 5.92 Å². The van der Waals surface area contributed by atoms with Crippen molar-refractivity contribution in [2.24, 2.45) is 5.92 Å². The SMILES string of the molecule is CC(CC(O)C(c1ccccc1)c1ccccc1)C(=O)O. The van der Waals surface area contributed by atoms with Gasteiger partial charge in [0.05, 0.1) is 12.0 Å². The van der Waals surface area contributed by atoms with E-state index >= 15 is 0 Å². The van der Waals surface area contributed by atoms with Gasteiger partial charge in [0.25, 0.3) is 0 Å². The zero-order chi connectivity index (χ0) is 15.2. The molecular formula is C18H20O3. The van der Waals surface area contributed by atoms with Crippen LogP contribution in [-0.2, 0) is 4.79 Å². The molecule has 0 spiro atoms. The van der Waals surface area contributed by atoms with Gasteiger partial charge in [-0.1, -0.05) is 67.6 Å². The number of hydrogen-bond acceptors (Lipinski definition) is 2. The monoisotopic (exact) mass is 284 g/mol. The first-order chi connectivity index (χ1) is 10.1. The molecule has 0 aliphatic rings. The summed E-state index contributed by atoms with van der Waals surface area (Å²) in [6.07, 6.45) is -0.509. The first-order valence-electron chi connectivity index (χ1n) is 7.10. The van der Waals surface area contributed by atoms with Gasteiger partial charge in [-0.15, -0.1) is 0 Å². The second-order valence-electron chi connectivity index (χ2n) is 5.34. The third-order valence-electron chi connectivity index (χ3n) is 3.72. The van der Waals surface area contributed by atoms with E-state index in [4.69, 9.17) is 5.11 Å². The molecule has 3 nitrogen and oxygen atoms in total. The zero-order valence-corrected chi connectivity index (χ0v) is 12.0. The summed E-state index contributed by atoms with van der Waals surface area (Å²) in [5.74, 6) is -1.67. The number of carbonyl (C=O) groups is 1. The van der Waals surface area contributed by atoms with Crippen LogP contribution in [0, 0.1) is 5.92 Å². The number of aliphatic hydroxyl groups excluding tert-OH is 1. The molecule has 3 heteroatoms. The summed E-state index contributed by atoms with van der Waals surface area (Å²) in [5, 5.41) is 19.6. The van der Waals surface area contributed by atoms with E-state index in [2.05, 4.69) is 0 Å². The summed E-state index contributed by atoms with van der Waals surface area (Å²) < 4.78 is 0. The number of aliphatic carboxylic acids is 1. The Labute approximate surface area is 124 Å².